The van der Waals surface area contributed by atoms with Gasteiger partial charge in [0.1, 0.15) is 5.75 Å². The molecule has 0 bridgehead atoms. The molecule has 0 radical (unpaired) electrons. The number of carbonyl (C=O) groups is 1. The van der Waals surface area contributed by atoms with Gasteiger partial charge in [-0.3, -0.25) is 4.79 Å². The number of hydrogen-bond acceptors (Lipinski definition) is 4. The highest BCUT2D eigenvalue weighted by Crippen LogP contribution is 2.39. The van der Waals surface area contributed by atoms with Gasteiger partial charge in [0.25, 0.3) is 0 Å². The Balaban J connectivity index is 2.50. The van der Waals surface area contributed by atoms with Crippen molar-refractivity contribution in [2.24, 2.45) is 0 Å². The minimum Gasteiger partial charge on any atom is -0.496 e. The number of carbonyl (C=O) groups excluding carboxylic acids is 1. The molecule has 2 rings (SSSR count). The summed E-state index contributed by atoms with van der Waals surface area (Å²) in [4.78, 5) is 11.9. The van der Waals surface area contributed by atoms with E-state index in [4.69, 9.17) is 4.74 Å². The Morgan fingerprint density at radius 2 is 2.25 bits per heavy atom. The van der Waals surface area contributed by atoms with Crippen LogP contribution >= 0.6 is 11.8 Å². The maximum absolute atomic E-state index is 11.9. The summed E-state index contributed by atoms with van der Waals surface area (Å²) < 4.78 is 5.35. The lowest BCUT2D eigenvalue weighted by atomic mass is 9.86. The molecule has 0 aliphatic carbocycles. The maximum atomic E-state index is 11.9. The smallest absolute Gasteiger partial charge is 0.225 e. The van der Waals surface area contributed by atoms with Crippen molar-refractivity contribution in [3.63, 3.8) is 0 Å². The first-order chi connectivity index (χ1) is 9.71. The summed E-state index contributed by atoms with van der Waals surface area (Å²) in [5.74, 6) is 1.22. The summed E-state index contributed by atoms with van der Waals surface area (Å²) in [5, 5.41) is 12.9. The van der Waals surface area contributed by atoms with Gasteiger partial charge in [-0.1, -0.05) is 25.1 Å². The molecule has 1 N–H and O–H groups in total. The van der Waals surface area contributed by atoms with Crippen molar-refractivity contribution in [2.75, 3.05) is 12.9 Å². The number of para-hydroxylation sites is 1. The van der Waals surface area contributed by atoms with Crippen LogP contribution < -0.4 is 10.1 Å². The molecule has 0 saturated carbocycles. The summed E-state index contributed by atoms with van der Waals surface area (Å²) in [6.07, 6.45) is 0.275. The molecule has 1 aromatic carbocycles. The van der Waals surface area contributed by atoms with Crippen LogP contribution in [0.1, 0.15) is 24.8 Å². The molecule has 0 fully saturated rings. The van der Waals surface area contributed by atoms with Crippen LogP contribution in [0.2, 0.25) is 0 Å². The Hall–Kier alpha value is -1.93. The van der Waals surface area contributed by atoms with E-state index in [-0.39, 0.29) is 18.2 Å². The third-order valence-electron chi connectivity index (χ3n) is 3.16. The zero-order valence-corrected chi connectivity index (χ0v) is 12.3. The summed E-state index contributed by atoms with van der Waals surface area (Å²) >= 11 is 1.48. The zero-order valence-electron chi connectivity index (χ0n) is 11.5. The second kappa shape index (κ2) is 6.49. The molecule has 0 saturated heterocycles. The number of benzene rings is 1. The number of amides is 1. The number of rotatable bonds is 4. The number of thioether (sulfide) groups is 1. The molecule has 1 atom stereocenters. The lowest BCUT2D eigenvalue weighted by Crippen LogP contribution is -2.31. The van der Waals surface area contributed by atoms with Crippen molar-refractivity contribution in [3.05, 3.63) is 40.4 Å². The minimum absolute atomic E-state index is 0.0594. The average molecular weight is 288 g/mol. The van der Waals surface area contributed by atoms with E-state index in [0.29, 0.717) is 16.4 Å². The second-order valence-corrected chi connectivity index (χ2v) is 5.61. The van der Waals surface area contributed by atoms with Crippen LogP contribution in [-0.2, 0) is 4.79 Å². The van der Waals surface area contributed by atoms with E-state index in [1.54, 1.807) is 7.11 Å². The highest BCUT2D eigenvalue weighted by atomic mass is 32.2. The quantitative estimate of drug-likeness (QED) is 0.925. The Kier molecular flexibility index (Phi) is 4.70. The molecule has 4 nitrogen and oxygen atoms in total. The predicted molar refractivity (Wildman–Crippen MR) is 79.3 cm³/mol. The number of nitrogens with zero attached hydrogens (tertiary/aromatic N) is 1. The van der Waals surface area contributed by atoms with Crippen LogP contribution in [-0.4, -0.2) is 18.8 Å². The second-order valence-electron chi connectivity index (χ2n) is 4.33. The summed E-state index contributed by atoms with van der Waals surface area (Å²) in [6.45, 7) is 1.99. The molecule has 0 spiro atoms. The molecule has 0 unspecified atom stereocenters. The zero-order chi connectivity index (χ0) is 14.5. The van der Waals surface area contributed by atoms with E-state index in [1.807, 2.05) is 31.2 Å². The predicted octanol–water partition coefficient (Wildman–Crippen LogP) is 2.79. The van der Waals surface area contributed by atoms with Crippen LogP contribution in [0.5, 0.6) is 5.75 Å². The molecule has 1 aliphatic rings. The molecule has 0 aromatic heterocycles. The van der Waals surface area contributed by atoms with E-state index in [2.05, 4.69) is 11.4 Å². The number of allylic oxidation sites excluding steroid dienone is 1. The molecule has 5 heteroatoms. The van der Waals surface area contributed by atoms with Gasteiger partial charge in [0, 0.05) is 17.9 Å². The van der Waals surface area contributed by atoms with E-state index < -0.39 is 0 Å². The molecule has 1 amide bonds. The average Bonchev–Trinajstić information content (AvgIpc) is 2.47. The molecular formula is C15H16N2O2S. The van der Waals surface area contributed by atoms with Crippen LogP contribution in [0.25, 0.3) is 0 Å². The molecular weight excluding hydrogens is 272 g/mol. The molecule has 104 valence electrons. The van der Waals surface area contributed by atoms with Crippen LogP contribution in [0.4, 0.5) is 0 Å². The van der Waals surface area contributed by atoms with Gasteiger partial charge in [-0.25, -0.2) is 0 Å². The van der Waals surface area contributed by atoms with E-state index in [0.717, 1.165) is 11.3 Å². The van der Waals surface area contributed by atoms with Gasteiger partial charge >= 0.3 is 0 Å². The number of nitrogens with one attached hydrogen (secondary N) is 1. The first-order valence-corrected chi connectivity index (χ1v) is 7.39. The molecule has 1 heterocycles. The SMILES string of the molecule is CCSC1=C(C#N)[C@@H](c2ccccc2OC)CC(=O)N1. The van der Waals surface area contributed by atoms with Gasteiger partial charge in [0.2, 0.25) is 5.91 Å². The fourth-order valence-electron chi connectivity index (χ4n) is 2.30. The van der Waals surface area contributed by atoms with Gasteiger partial charge in [0.15, 0.2) is 0 Å². The van der Waals surface area contributed by atoms with Crippen molar-refractivity contribution >= 4 is 17.7 Å². The Morgan fingerprint density at radius 1 is 1.50 bits per heavy atom. The monoisotopic (exact) mass is 288 g/mol. The number of methoxy groups -OCH3 is 1. The van der Waals surface area contributed by atoms with Gasteiger partial charge in [-0.2, -0.15) is 5.26 Å². The highest BCUT2D eigenvalue weighted by Gasteiger charge is 2.30. The number of hydrogen-bond donors (Lipinski definition) is 1. The lowest BCUT2D eigenvalue weighted by molar-refractivity contribution is -0.120. The van der Waals surface area contributed by atoms with Crippen LogP contribution in [0.3, 0.4) is 0 Å². The van der Waals surface area contributed by atoms with Gasteiger partial charge in [-0.15, -0.1) is 11.8 Å². The van der Waals surface area contributed by atoms with Crippen molar-refractivity contribution in [3.8, 4) is 11.8 Å². The standard InChI is InChI=1S/C15H16N2O2S/c1-3-20-15-12(9-16)11(8-14(18)17-15)10-6-4-5-7-13(10)19-2/h4-7,11H,3,8H2,1-2H3,(H,17,18)/t11-/m1/s1. The Bertz CT molecular complexity index is 590. The fourth-order valence-corrected chi connectivity index (χ4v) is 3.12. The van der Waals surface area contributed by atoms with Gasteiger partial charge < -0.3 is 10.1 Å². The van der Waals surface area contributed by atoms with E-state index in [9.17, 15) is 10.1 Å². The Labute approximate surface area is 122 Å². The largest absolute Gasteiger partial charge is 0.496 e. The van der Waals surface area contributed by atoms with Crippen LogP contribution in [0, 0.1) is 11.3 Å². The minimum atomic E-state index is -0.237. The maximum Gasteiger partial charge on any atom is 0.225 e. The molecule has 1 aliphatic heterocycles. The van der Waals surface area contributed by atoms with Gasteiger partial charge in [-0.05, 0) is 11.8 Å². The summed E-state index contributed by atoms with van der Waals surface area (Å²) in [5.41, 5.74) is 1.50. The third kappa shape index (κ3) is 2.81. The van der Waals surface area contributed by atoms with Gasteiger partial charge in [0.05, 0.1) is 23.8 Å². The number of nitriles is 1. The van der Waals surface area contributed by atoms with Crippen molar-refractivity contribution < 1.29 is 9.53 Å². The summed E-state index contributed by atoms with van der Waals surface area (Å²) in [7, 11) is 1.60. The van der Waals surface area contributed by atoms with E-state index >= 15 is 0 Å². The van der Waals surface area contributed by atoms with Crippen molar-refractivity contribution in [2.45, 2.75) is 19.3 Å². The van der Waals surface area contributed by atoms with Crippen molar-refractivity contribution in [1.29, 1.82) is 5.26 Å². The van der Waals surface area contributed by atoms with E-state index in [1.165, 1.54) is 11.8 Å². The first kappa shape index (κ1) is 14.5. The first-order valence-electron chi connectivity index (χ1n) is 6.41. The van der Waals surface area contributed by atoms with Crippen molar-refractivity contribution in [1.82, 2.24) is 5.32 Å². The highest BCUT2D eigenvalue weighted by molar-refractivity contribution is 8.03. The molecule has 20 heavy (non-hydrogen) atoms. The lowest BCUT2D eigenvalue weighted by Gasteiger charge is -2.25. The third-order valence-corrected chi connectivity index (χ3v) is 4.06. The fraction of sp³-hybridized carbons (Fsp3) is 0.333. The van der Waals surface area contributed by atoms with Crippen LogP contribution in [0.15, 0.2) is 34.9 Å². The normalized spacial score (nSPS) is 18.4. The molecule has 1 aromatic rings. The summed E-state index contributed by atoms with van der Waals surface area (Å²) in [6, 6.07) is 9.78. The number of ether oxygens (including phenoxy) is 1. The topological polar surface area (TPSA) is 62.1 Å². The Morgan fingerprint density at radius 3 is 2.90 bits per heavy atom.